The number of nitriles is 1. The third-order valence-electron chi connectivity index (χ3n) is 4.58. The van der Waals surface area contributed by atoms with Crippen molar-refractivity contribution >= 4 is 44.3 Å². The largest absolute Gasteiger partial charge is 0.488 e. The van der Waals surface area contributed by atoms with Crippen LogP contribution in [-0.4, -0.2) is 14.9 Å². The number of H-pyrrole nitrogens is 1. The maximum absolute atomic E-state index is 10.8. The van der Waals surface area contributed by atoms with Crippen LogP contribution in [0.25, 0.3) is 22.7 Å². The van der Waals surface area contributed by atoms with Crippen LogP contribution in [0.1, 0.15) is 17.0 Å². The summed E-state index contributed by atoms with van der Waals surface area (Å²) in [6.07, 6.45) is 1.72. The standard InChI is InChI=1S/C23H15BrN4O3/c24-18-7-10-22(31-14-15-5-8-19(9-6-15)28(29)30)16(12-18)11-17(13-25)23-26-20-3-1-2-4-21(20)27-23/h1-12H,14H2,(H,26,27)/b17-11-. The van der Waals surface area contributed by atoms with Gasteiger partial charge in [0.1, 0.15) is 24.3 Å². The smallest absolute Gasteiger partial charge is 0.269 e. The van der Waals surface area contributed by atoms with Crippen molar-refractivity contribution in [3.8, 4) is 11.8 Å². The minimum Gasteiger partial charge on any atom is -0.488 e. The predicted octanol–water partition coefficient (Wildman–Crippen LogP) is 5.88. The molecular formula is C23H15BrN4O3. The highest BCUT2D eigenvalue weighted by molar-refractivity contribution is 9.10. The first-order valence-electron chi connectivity index (χ1n) is 9.26. The average Bonchev–Trinajstić information content (AvgIpc) is 3.21. The van der Waals surface area contributed by atoms with E-state index in [1.807, 2.05) is 36.4 Å². The van der Waals surface area contributed by atoms with E-state index in [9.17, 15) is 15.4 Å². The second-order valence-electron chi connectivity index (χ2n) is 6.67. The van der Waals surface area contributed by atoms with Gasteiger partial charge in [0.2, 0.25) is 0 Å². The first kappa shape index (κ1) is 20.3. The van der Waals surface area contributed by atoms with Gasteiger partial charge < -0.3 is 9.72 Å². The van der Waals surface area contributed by atoms with Gasteiger partial charge in [-0.25, -0.2) is 4.98 Å². The molecule has 0 fully saturated rings. The number of halogens is 1. The molecule has 8 heteroatoms. The zero-order valence-electron chi connectivity index (χ0n) is 16.1. The number of nitro groups is 1. The first-order chi connectivity index (χ1) is 15.0. The molecule has 0 saturated heterocycles. The minimum atomic E-state index is -0.441. The van der Waals surface area contributed by atoms with Gasteiger partial charge in [0.15, 0.2) is 0 Å². The van der Waals surface area contributed by atoms with Crippen molar-refractivity contribution in [2.45, 2.75) is 6.61 Å². The molecule has 0 radical (unpaired) electrons. The monoisotopic (exact) mass is 474 g/mol. The lowest BCUT2D eigenvalue weighted by atomic mass is 10.1. The highest BCUT2D eigenvalue weighted by Crippen LogP contribution is 2.28. The summed E-state index contributed by atoms with van der Waals surface area (Å²) in [4.78, 5) is 18.0. The van der Waals surface area contributed by atoms with Crippen molar-refractivity contribution in [2.75, 3.05) is 0 Å². The Morgan fingerprint density at radius 1 is 1.19 bits per heavy atom. The van der Waals surface area contributed by atoms with Gasteiger partial charge >= 0.3 is 0 Å². The SMILES string of the molecule is N#C/C(=C/c1cc(Br)ccc1OCc1ccc([N+](=O)[O-])cc1)c1nc2ccccc2[nH]1. The average molecular weight is 475 g/mol. The van der Waals surface area contributed by atoms with E-state index in [4.69, 9.17) is 4.74 Å². The fourth-order valence-corrected chi connectivity index (χ4v) is 3.41. The number of allylic oxidation sites excluding steroid dienone is 1. The van der Waals surface area contributed by atoms with Crippen molar-refractivity contribution in [1.29, 1.82) is 5.26 Å². The molecule has 1 N–H and O–H groups in total. The number of ether oxygens (including phenoxy) is 1. The molecule has 0 aliphatic heterocycles. The van der Waals surface area contributed by atoms with Crippen molar-refractivity contribution in [3.63, 3.8) is 0 Å². The Hall–Kier alpha value is -3.96. The Labute approximate surface area is 185 Å². The Morgan fingerprint density at radius 2 is 1.97 bits per heavy atom. The van der Waals surface area contributed by atoms with Crippen molar-refractivity contribution in [2.24, 2.45) is 0 Å². The molecule has 0 aliphatic carbocycles. The zero-order chi connectivity index (χ0) is 21.8. The zero-order valence-corrected chi connectivity index (χ0v) is 17.7. The van der Waals surface area contributed by atoms with Crippen LogP contribution in [0.15, 0.2) is 71.2 Å². The van der Waals surface area contributed by atoms with Crippen molar-refractivity contribution < 1.29 is 9.66 Å². The van der Waals surface area contributed by atoms with E-state index in [1.54, 1.807) is 24.3 Å². The van der Waals surface area contributed by atoms with Crippen LogP contribution in [0.3, 0.4) is 0 Å². The topological polar surface area (TPSA) is 105 Å². The molecule has 4 aromatic rings. The van der Waals surface area contributed by atoms with E-state index >= 15 is 0 Å². The molecule has 0 saturated carbocycles. The lowest BCUT2D eigenvalue weighted by Gasteiger charge is -2.10. The number of non-ortho nitro benzene ring substituents is 1. The quantitative estimate of drug-likeness (QED) is 0.213. The number of nitrogens with zero attached hydrogens (tertiary/aromatic N) is 3. The summed E-state index contributed by atoms with van der Waals surface area (Å²) in [6, 6.07) is 21.5. The third-order valence-corrected chi connectivity index (χ3v) is 5.07. The molecule has 0 aliphatic rings. The number of nitrogens with one attached hydrogen (secondary N) is 1. The third kappa shape index (κ3) is 4.63. The maximum atomic E-state index is 10.8. The highest BCUT2D eigenvalue weighted by atomic mass is 79.9. The minimum absolute atomic E-state index is 0.0283. The van der Waals surface area contributed by atoms with Gasteiger partial charge in [-0.15, -0.1) is 0 Å². The van der Waals surface area contributed by atoms with Gasteiger partial charge in [-0.1, -0.05) is 28.1 Å². The van der Waals surface area contributed by atoms with E-state index in [0.29, 0.717) is 22.7 Å². The second-order valence-corrected chi connectivity index (χ2v) is 7.58. The number of rotatable bonds is 6. The summed E-state index contributed by atoms with van der Waals surface area (Å²) in [6.45, 7) is 0.229. The normalized spacial score (nSPS) is 11.3. The molecule has 0 spiro atoms. The van der Waals surface area contributed by atoms with Gasteiger partial charge in [-0.3, -0.25) is 10.1 Å². The number of nitro benzene ring substituents is 1. The lowest BCUT2D eigenvalue weighted by Crippen LogP contribution is -1.98. The molecule has 152 valence electrons. The van der Waals surface area contributed by atoms with E-state index in [-0.39, 0.29) is 12.3 Å². The van der Waals surface area contributed by atoms with E-state index in [0.717, 1.165) is 21.1 Å². The molecule has 0 atom stereocenters. The van der Waals surface area contributed by atoms with Crippen LogP contribution in [0.2, 0.25) is 0 Å². The van der Waals surface area contributed by atoms with E-state index in [1.165, 1.54) is 12.1 Å². The molecule has 1 heterocycles. The second kappa shape index (κ2) is 8.81. The summed E-state index contributed by atoms with van der Waals surface area (Å²) in [5.74, 6) is 1.05. The van der Waals surface area contributed by atoms with Gasteiger partial charge in [0, 0.05) is 22.2 Å². The van der Waals surface area contributed by atoms with Gasteiger partial charge in [0.25, 0.3) is 5.69 Å². The number of hydrogen-bond acceptors (Lipinski definition) is 5. The summed E-state index contributed by atoms with van der Waals surface area (Å²) in [5.41, 5.74) is 3.52. The lowest BCUT2D eigenvalue weighted by molar-refractivity contribution is -0.384. The Kier molecular flexibility index (Phi) is 5.78. The Morgan fingerprint density at radius 3 is 2.68 bits per heavy atom. The number of aromatic nitrogens is 2. The first-order valence-corrected chi connectivity index (χ1v) is 10.1. The van der Waals surface area contributed by atoms with E-state index < -0.39 is 4.92 Å². The molecule has 31 heavy (non-hydrogen) atoms. The van der Waals surface area contributed by atoms with Crippen LogP contribution in [-0.2, 0) is 6.61 Å². The number of hydrogen-bond donors (Lipinski definition) is 1. The molecule has 1 aromatic heterocycles. The summed E-state index contributed by atoms with van der Waals surface area (Å²) < 4.78 is 6.78. The molecule has 3 aromatic carbocycles. The van der Waals surface area contributed by atoms with Crippen molar-refractivity contribution in [3.05, 3.63) is 98.3 Å². The predicted molar refractivity (Wildman–Crippen MR) is 121 cm³/mol. The van der Waals surface area contributed by atoms with Crippen LogP contribution in [0, 0.1) is 21.4 Å². The van der Waals surface area contributed by atoms with Crippen LogP contribution in [0.4, 0.5) is 5.69 Å². The molecule has 0 amide bonds. The van der Waals surface area contributed by atoms with Gasteiger partial charge in [0.05, 0.1) is 21.5 Å². The fourth-order valence-electron chi connectivity index (χ4n) is 3.03. The Balaban J connectivity index is 1.62. The van der Waals surface area contributed by atoms with Gasteiger partial charge in [-0.2, -0.15) is 5.26 Å². The molecule has 4 rings (SSSR count). The number of aromatic amines is 1. The Bertz CT molecular complexity index is 1300. The molecule has 7 nitrogen and oxygen atoms in total. The molecular weight excluding hydrogens is 460 g/mol. The van der Waals surface area contributed by atoms with E-state index in [2.05, 4.69) is 32.0 Å². The van der Waals surface area contributed by atoms with Crippen LogP contribution in [0.5, 0.6) is 5.75 Å². The molecule has 0 unspecified atom stereocenters. The fraction of sp³-hybridized carbons (Fsp3) is 0.0435. The number of para-hydroxylation sites is 2. The summed E-state index contributed by atoms with van der Waals surface area (Å²) in [5, 5.41) is 20.5. The van der Waals surface area contributed by atoms with Crippen LogP contribution < -0.4 is 4.74 Å². The summed E-state index contributed by atoms with van der Waals surface area (Å²) >= 11 is 3.46. The maximum Gasteiger partial charge on any atom is 0.269 e. The number of imidazole rings is 1. The number of benzene rings is 3. The van der Waals surface area contributed by atoms with Crippen LogP contribution >= 0.6 is 15.9 Å². The van der Waals surface area contributed by atoms with Gasteiger partial charge in [-0.05, 0) is 54.1 Å². The number of fused-ring (bicyclic) bond motifs is 1. The van der Waals surface area contributed by atoms with Crippen molar-refractivity contribution in [1.82, 2.24) is 9.97 Å². The summed E-state index contributed by atoms with van der Waals surface area (Å²) in [7, 11) is 0. The highest BCUT2D eigenvalue weighted by Gasteiger charge is 2.11. The molecule has 0 bridgehead atoms.